The van der Waals surface area contributed by atoms with E-state index in [1.54, 1.807) is 4.90 Å². The molecule has 1 N–H and O–H groups in total. The van der Waals surface area contributed by atoms with E-state index in [0.29, 0.717) is 24.6 Å². The number of rotatable bonds is 3. The Morgan fingerprint density at radius 3 is 2.62 bits per heavy atom. The third kappa shape index (κ3) is 3.71. The van der Waals surface area contributed by atoms with Gasteiger partial charge in [0.05, 0.1) is 4.90 Å². The Labute approximate surface area is 187 Å². The average Bonchev–Trinajstić information content (AvgIpc) is 3.16. The number of halogens is 1. The highest BCUT2D eigenvalue weighted by Gasteiger charge is 2.31. The van der Waals surface area contributed by atoms with Crippen LogP contribution in [-0.4, -0.2) is 54.7 Å². The predicted molar refractivity (Wildman–Crippen MR) is 121 cm³/mol. The fourth-order valence-corrected chi connectivity index (χ4v) is 6.27. The summed E-state index contributed by atoms with van der Waals surface area (Å²) in [5, 5.41) is 1.12. The van der Waals surface area contributed by atoms with Gasteiger partial charge in [-0.25, -0.2) is 12.8 Å². The number of nitrogens with zero attached hydrogens (tertiary/aromatic N) is 2. The first-order valence-electron chi connectivity index (χ1n) is 11.0. The van der Waals surface area contributed by atoms with E-state index in [1.807, 2.05) is 18.2 Å². The number of aromatic amines is 1. The number of hydrogen-bond acceptors (Lipinski definition) is 3. The van der Waals surface area contributed by atoms with Crippen LogP contribution in [0.2, 0.25) is 0 Å². The number of H-pyrrole nitrogens is 1. The summed E-state index contributed by atoms with van der Waals surface area (Å²) in [6.45, 7) is 3.23. The van der Waals surface area contributed by atoms with Gasteiger partial charge in [0, 0.05) is 48.3 Å². The summed E-state index contributed by atoms with van der Waals surface area (Å²) in [4.78, 5) is 18.3. The van der Waals surface area contributed by atoms with Crippen molar-refractivity contribution in [3.63, 3.8) is 0 Å². The van der Waals surface area contributed by atoms with Crippen LogP contribution in [0.1, 0.15) is 35.0 Å². The van der Waals surface area contributed by atoms with Crippen molar-refractivity contribution in [2.75, 3.05) is 26.2 Å². The maximum Gasteiger partial charge on any atom is 0.253 e. The first-order valence-corrected chi connectivity index (χ1v) is 12.5. The zero-order valence-electron chi connectivity index (χ0n) is 18.0. The number of piperazine rings is 1. The lowest BCUT2D eigenvalue weighted by Gasteiger charge is -2.34. The molecule has 5 rings (SSSR count). The molecule has 1 amide bonds. The van der Waals surface area contributed by atoms with E-state index in [-0.39, 0.29) is 23.9 Å². The van der Waals surface area contributed by atoms with E-state index in [0.717, 1.165) is 29.8 Å². The van der Waals surface area contributed by atoms with Crippen molar-refractivity contribution in [2.45, 2.75) is 31.1 Å². The van der Waals surface area contributed by atoms with Crippen LogP contribution >= 0.6 is 0 Å². The van der Waals surface area contributed by atoms with Crippen LogP contribution in [0, 0.1) is 11.7 Å². The molecular formula is C24H26FN3O3S. The van der Waals surface area contributed by atoms with Gasteiger partial charge >= 0.3 is 0 Å². The zero-order valence-corrected chi connectivity index (χ0v) is 18.8. The van der Waals surface area contributed by atoms with Gasteiger partial charge in [0.1, 0.15) is 5.82 Å². The lowest BCUT2D eigenvalue weighted by atomic mass is 9.87. The minimum absolute atomic E-state index is 0.0609. The largest absolute Gasteiger partial charge is 0.358 e. The van der Waals surface area contributed by atoms with Gasteiger partial charge in [-0.1, -0.05) is 13.0 Å². The van der Waals surface area contributed by atoms with Crippen LogP contribution < -0.4 is 0 Å². The molecule has 2 heterocycles. The number of benzene rings is 2. The van der Waals surface area contributed by atoms with Gasteiger partial charge in [-0.3, -0.25) is 4.79 Å². The van der Waals surface area contributed by atoms with E-state index in [9.17, 15) is 17.6 Å². The molecule has 2 aromatic carbocycles. The molecular weight excluding hydrogens is 429 g/mol. The maximum atomic E-state index is 13.5. The summed E-state index contributed by atoms with van der Waals surface area (Å²) in [5.41, 5.74) is 4.28. The van der Waals surface area contributed by atoms with E-state index < -0.39 is 15.8 Å². The van der Waals surface area contributed by atoms with E-state index in [2.05, 4.69) is 11.9 Å². The van der Waals surface area contributed by atoms with Gasteiger partial charge in [0.2, 0.25) is 10.0 Å². The quantitative estimate of drug-likeness (QED) is 0.656. The van der Waals surface area contributed by atoms with Crippen LogP contribution in [0.4, 0.5) is 4.39 Å². The normalized spacial score (nSPS) is 19.8. The summed E-state index contributed by atoms with van der Waals surface area (Å²) in [6, 6.07) is 10.8. The van der Waals surface area contributed by atoms with Crippen LogP contribution in [0.25, 0.3) is 10.9 Å². The Morgan fingerprint density at radius 1 is 1.09 bits per heavy atom. The molecule has 1 aliphatic carbocycles. The molecule has 0 bridgehead atoms. The van der Waals surface area contributed by atoms with Crippen molar-refractivity contribution < 1.29 is 17.6 Å². The Kier molecular flexibility index (Phi) is 5.29. The molecule has 0 radical (unpaired) electrons. The first kappa shape index (κ1) is 21.2. The fourth-order valence-electron chi connectivity index (χ4n) is 4.81. The second-order valence-corrected chi connectivity index (χ2v) is 10.8. The summed E-state index contributed by atoms with van der Waals surface area (Å²) < 4.78 is 40.5. The molecule has 1 fully saturated rings. The van der Waals surface area contributed by atoms with Gasteiger partial charge in [0.25, 0.3) is 5.91 Å². The minimum atomic E-state index is -3.78. The molecule has 0 spiro atoms. The van der Waals surface area contributed by atoms with E-state index in [1.165, 1.54) is 40.2 Å². The molecule has 1 aromatic heterocycles. The molecule has 32 heavy (non-hydrogen) atoms. The molecule has 8 heteroatoms. The van der Waals surface area contributed by atoms with Crippen molar-refractivity contribution in [2.24, 2.45) is 5.92 Å². The molecule has 3 aromatic rings. The Bertz CT molecular complexity index is 1290. The highest BCUT2D eigenvalue weighted by molar-refractivity contribution is 7.89. The maximum absolute atomic E-state index is 13.5. The van der Waals surface area contributed by atoms with E-state index >= 15 is 0 Å². The van der Waals surface area contributed by atoms with Crippen LogP contribution in [0.15, 0.2) is 47.4 Å². The van der Waals surface area contributed by atoms with Crippen molar-refractivity contribution in [1.29, 1.82) is 0 Å². The summed E-state index contributed by atoms with van der Waals surface area (Å²) in [6.07, 6.45) is 3.23. The van der Waals surface area contributed by atoms with Crippen LogP contribution in [0.5, 0.6) is 0 Å². The van der Waals surface area contributed by atoms with Crippen LogP contribution in [0.3, 0.4) is 0 Å². The number of fused-ring (bicyclic) bond motifs is 3. The second kappa shape index (κ2) is 8.01. The Balaban J connectivity index is 1.32. The van der Waals surface area contributed by atoms with Gasteiger partial charge in [-0.15, -0.1) is 0 Å². The standard InChI is InChI=1S/C24H26FN3O3S/c1-16-5-7-22-20(13-16)21-14-17(6-8-23(21)26-22)24(29)27-9-11-28(12-10-27)32(30,31)19-4-2-3-18(25)15-19/h2-4,6,8,14-16,26H,5,7,9-13H2,1H3/t16-/m0/s1. The number of carbonyl (C=O) groups excluding carboxylic acids is 1. The Hall–Kier alpha value is -2.71. The highest BCUT2D eigenvalue weighted by Crippen LogP contribution is 2.32. The molecule has 0 saturated carbocycles. The van der Waals surface area contributed by atoms with Crippen molar-refractivity contribution in [3.8, 4) is 0 Å². The predicted octanol–water partition coefficient (Wildman–Crippen LogP) is 3.58. The number of amides is 1. The molecule has 2 aliphatic rings. The summed E-state index contributed by atoms with van der Waals surface area (Å²) >= 11 is 0. The average molecular weight is 456 g/mol. The molecule has 1 atom stereocenters. The lowest BCUT2D eigenvalue weighted by Crippen LogP contribution is -2.50. The molecule has 1 aliphatic heterocycles. The number of nitrogens with one attached hydrogen (secondary N) is 1. The van der Waals surface area contributed by atoms with Gasteiger partial charge in [-0.2, -0.15) is 4.31 Å². The molecule has 1 saturated heterocycles. The number of aryl methyl sites for hydroxylation is 1. The van der Waals surface area contributed by atoms with Gasteiger partial charge in [-0.05, 0) is 67.1 Å². The van der Waals surface area contributed by atoms with E-state index in [4.69, 9.17) is 0 Å². The molecule has 6 nitrogen and oxygen atoms in total. The topological polar surface area (TPSA) is 73.5 Å². The summed E-state index contributed by atoms with van der Waals surface area (Å²) in [7, 11) is -3.78. The third-order valence-electron chi connectivity index (χ3n) is 6.64. The smallest absolute Gasteiger partial charge is 0.253 e. The molecule has 0 unspecified atom stereocenters. The SMILES string of the molecule is C[C@H]1CCc2[nH]c3ccc(C(=O)N4CCN(S(=O)(=O)c5cccc(F)c5)CC4)cc3c2C1. The fraction of sp³-hybridized carbons (Fsp3) is 0.375. The van der Waals surface area contributed by atoms with Crippen molar-refractivity contribution >= 4 is 26.8 Å². The number of hydrogen-bond donors (Lipinski definition) is 1. The number of carbonyl (C=O) groups is 1. The van der Waals surface area contributed by atoms with Crippen LogP contribution in [-0.2, 0) is 22.9 Å². The second-order valence-electron chi connectivity index (χ2n) is 8.84. The molecule has 168 valence electrons. The third-order valence-corrected chi connectivity index (χ3v) is 8.54. The van der Waals surface area contributed by atoms with Crippen molar-refractivity contribution in [1.82, 2.24) is 14.2 Å². The summed E-state index contributed by atoms with van der Waals surface area (Å²) in [5.74, 6) is -0.0425. The highest BCUT2D eigenvalue weighted by atomic mass is 32.2. The van der Waals surface area contributed by atoms with Crippen molar-refractivity contribution in [3.05, 3.63) is 65.1 Å². The van der Waals surface area contributed by atoms with Gasteiger partial charge in [0.15, 0.2) is 0 Å². The van der Waals surface area contributed by atoms with Gasteiger partial charge < -0.3 is 9.88 Å². The zero-order chi connectivity index (χ0) is 22.5. The monoisotopic (exact) mass is 455 g/mol. The lowest BCUT2D eigenvalue weighted by molar-refractivity contribution is 0.0698. The number of sulfonamides is 1. The first-order chi connectivity index (χ1) is 15.3. The Morgan fingerprint density at radius 2 is 1.88 bits per heavy atom. The minimum Gasteiger partial charge on any atom is -0.358 e. The number of aromatic nitrogens is 1.